The average Bonchev–Trinajstić information content (AvgIpc) is 3.00. The number of hydrogen-bond acceptors (Lipinski definition) is 5. The molecule has 5 nitrogen and oxygen atoms in total. The highest BCUT2D eigenvalue weighted by atomic mass is 32.1. The van der Waals surface area contributed by atoms with Gasteiger partial charge in [-0.05, 0) is 25.6 Å². The van der Waals surface area contributed by atoms with Crippen molar-refractivity contribution in [3.05, 3.63) is 41.3 Å². The smallest absolute Gasteiger partial charge is 0.243 e. The molecule has 0 atom stereocenters. The Hall–Kier alpha value is -1.92. The molecule has 3 aromatic heterocycles. The van der Waals surface area contributed by atoms with Crippen molar-refractivity contribution >= 4 is 16.3 Å². The summed E-state index contributed by atoms with van der Waals surface area (Å²) in [4.78, 5) is 9.73. The molecular weight excluding hydrogens is 272 g/mol. The lowest BCUT2D eigenvalue weighted by molar-refractivity contribution is 0.450. The molecule has 3 rings (SSSR count). The van der Waals surface area contributed by atoms with E-state index in [1.54, 1.807) is 17.5 Å². The molecule has 0 aliphatic heterocycles. The second kappa shape index (κ2) is 5.60. The van der Waals surface area contributed by atoms with E-state index >= 15 is 0 Å². The number of aryl methyl sites for hydroxylation is 1. The standard InChI is InChI=1S/C14H16N4OS/c1-3-15-9-11-13(17-14-18(11)7-8-20-14)19-12-5-4-6-16-10(12)2/h4-8,15H,3,9H2,1-2H3. The number of thiazole rings is 1. The summed E-state index contributed by atoms with van der Waals surface area (Å²) >= 11 is 1.60. The molecular formula is C14H16N4OS. The molecule has 0 saturated heterocycles. The number of fused-ring (bicyclic) bond motifs is 1. The number of rotatable bonds is 5. The largest absolute Gasteiger partial charge is 0.435 e. The third kappa shape index (κ3) is 2.39. The highest BCUT2D eigenvalue weighted by molar-refractivity contribution is 7.15. The number of imidazole rings is 1. The van der Waals surface area contributed by atoms with Crippen molar-refractivity contribution in [2.45, 2.75) is 20.4 Å². The second-order valence-electron chi connectivity index (χ2n) is 4.39. The topological polar surface area (TPSA) is 51.5 Å². The van der Waals surface area contributed by atoms with Crippen LogP contribution in [0, 0.1) is 6.92 Å². The molecule has 20 heavy (non-hydrogen) atoms. The van der Waals surface area contributed by atoms with Gasteiger partial charge in [-0.3, -0.25) is 9.38 Å². The molecule has 104 valence electrons. The molecule has 3 heterocycles. The van der Waals surface area contributed by atoms with Crippen LogP contribution in [0.2, 0.25) is 0 Å². The predicted octanol–water partition coefficient (Wildman–Crippen LogP) is 3.00. The van der Waals surface area contributed by atoms with Gasteiger partial charge in [0.05, 0.1) is 5.69 Å². The summed E-state index contributed by atoms with van der Waals surface area (Å²) in [6.45, 7) is 5.64. The zero-order valence-corrected chi connectivity index (χ0v) is 12.3. The van der Waals surface area contributed by atoms with Crippen molar-refractivity contribution in [3.63, 3.8) is 0 Å². The lowest BCUT2D eigenvalue weighted by Gasteiger charge is -2.08. The van der Waals surface area contributed by atoms with Crippen LogP contribution < -0.4 is 10.1 Å². The number of ether oxygens (including phenoxy) is 1. The zero-order valence-electron chi connectivity index (χ0n) is 11.5. The minimum absolute atomic E-state index is 0.647. The first kappa shape index (κ1) is 13.1. The van der Waals surface area contributed by atoms with E-state index in [2.05, 4.69) is 26.6 Å². The second-order valence-corrected chi connectivity index (χ2v) is 5.26. The maximum atomic E-state index is 5.95. The van der Waals surface area contributed by atoms with Gasteiger partial charge in [-0.25, -0.2) is 0 Å². The van der Waals surface area contributed by atoms with Crippen LogP contribution in [0.3, 0.4) is 0 Å². The van der Waals surface area contributed by atoms with Crippen LogP contribution >= 0.6 is 11.3 Å². The lowest BCUT2D eigenvalue weighted by Crippen LogP contribution is -2.13. The summed E-state index contributed by atoms with van der Waals surface area (Å²) in [5.41, 5.74) is 1.89. The van der Waals surface area contributed by atoms with E-state index in [0.29, 0.717) is 5.88 Å². The van der Waals surface area contributed by atoms with Gasteiger partial charge in [0.1, 0.15) is 5.69 Å². The Kier molecular flexibility index (Phi) is 3.66. The number of nitrogens with one attached hydrogen (secondary N) is 1. The Morgan fingerprint density at radius 3 is 3.15 bits per heavy atom. The Morgan fingerprint density at radius 2 is 2.35 bits per heavy atom. The quantitative estimate of drug-likeness (QED) is 0.784. The first-order chi connectivity index (χ1) is 9.79. The first-order valence-electron chi connectivity index (χ1n) is 6.54. The zero-order chi connectivity index (χ0) is 13.9. The SMILES string of the molecule is CCNCc1c(Oc2cccnc2C)nc2sccn12. The van der Waals surface area contributed by atoms with Crippen molar-refractivity contribution < 1.29 is 4.74 Å². The van der Waals surface area contributed by atoms with Gasteiger partial charge in [0.15, 0.2) is 10.7 Å². The van der Waals surface area contributed by atoms with E-state index in [9.17, 15) is 0 Å². The van der Waals surface area contributed by atoms with Crippen LogP contribution in [0.1, 0.15) is 18.3 Å². The number of nitrogens with zero attached hydrogens (tertiary/aromatic N) is 3. The molecule has 0 radical (unpaired) electrons. The maximum Gasteiger partial charge on any atom is 0.243 e. The minimum atomic E-state index is 0.647. The van der Waals surface area contributed by atoms with E-state index in [4.69, 9.17) is 4.74 Å². The molecule has 0 aromatic carbocycles. The van der Waals surface area contributed by atoms with E-state index in [1.165, 1.54) is 0 Å². The van der Waals surface area contributed by atoms with Crippen molar-refractivity contribution in [1.29, 1.82) is 0 Å². The third-order valence-electron chi connectivity index (χ3n) is 3.03. The number of aromatic nitrogens is 3. The van der Waals surface area contributed by atoms with Crippen LogP contribution in [0.15, 0.2) is 29.9 Å². The number of pyridine rings is 1. The molecule has 0 bridgehead atoms. The van der Waals surface area contributed by atoms with Crippen molar-refractivity contribution in [2.75, 3.05) is 6.54 Å². The molecule has 3 aromatic rings. The predicted molar refractivity (Wildman–Crippen MR) is 79.5 cm³/mol. The summed E-state index contributed by atoms with van der Waals surface area (Å²) in [7, 11) is 0. The minimum Gasteiger partial charge on any atom is -0.435 e. The van der Waals surface area contributed by atoms with Gasteiger partial charge in [-0.1, -0.05) is 6.92 Å². The molecule has 6 heteroatoms. The highest BCUT2D eigenvalue weighted by Gasteiger charge is 2.15. The first-order valence-corrected chi connectivity index (χ1v) is 7.42. The lowest BCUT2D eigenvalue weighted by atomic mass is 10.3. The molecule has 0 aliphatic carbocycles. The number of hydrogen-bond donors (Lipinski definition) is 1. The van der Waals surface area contributed by atoms with Crippen LogP contribution in [-0.4, -0.2) is 20.9 Å². The summed E-state index contributed by atoms with van der Waals surface area (Å²) in [5.74, 6) is 1.39. The molecule has 0 spiro atoms. The summed E-state index contributed by atoms with van der Waals surface area (Å²) < 4.78 is 8.02. The molecule has 0 amide bonds. The summed E-state index contributed by atoms with van der Waals surface area (Å²) in [5, 5.41) is 5.35. The van der Waals surface area contributed by atoms with Crippen LogP contribution in [0.25, 0.3) is 4.96 Å². The highest BCUT2D eigenvalue weighted by Crippen LogP contribution is 2.28. The molecule has 0 aliphatic rings. The van der Waals surface area contributed by atoms with E-state index in [0.717, 1.165) is 35.2 Å². The van der Waals surface area contributed by atoms with Crippen molar-refractivity contribution in [2.24, 2.45) is 0 Å². The average molecular weight is 288 g/mol. The van der Waals surface area contributed by atoms with Crippen LogP contribution in [0.4, 0.5) is 0 Å². The van der Waals surface area contributed by atoms with E-state index in [1.807, 2.05) is 30.6 Å². The molecule has 0 fully saturated rings. The van der Waals surface area contributed by atoms with Gasteiger partial charge < -0.3 is 10.1 Å². The van der Waals surface area contributed by atoms with Crippen molar-refractivity contribution in [1.82, 2.24) is 19.7 Å². The van der Waals surface area contributed by atoms with Gasteiger partial charge in [0, 0.05) is 24.3 Å². The van der Waals surface area contributed by atoms with Crippen molar-refractivity contribution in [3.8, 4) is 11.6 Å². The Morgan fingerprint density at radius 1 is 1.45 bits per heavy atom. The van der Waals surface area contributed by atoms with Gasteiger partial charge in [0.25, 0.3) is 0 Å². The van der Waals surface area contributed by atoms with E-state index in [-0.39, 0.29) is 0 Å². The van der Waals surface area contributed by atoms with Gasteiger partial charge >= 0.3 is 0 Å². The van der Waals surface area contributed by atoms with E-state index < -0.39 is 0 Å². The maximum absolute atomic E-state index is 5.95. The fourth-order valence-electron chi connectivity index (χ4n) is 1.98. The van der Waals surface area contributed by atoms with Crippen LogP contribution in [-0.2, 0) is 6.54 Å². The summed E-state index contributed by atoms with van der Waals surface area (Å²) in [6.07, 6.45) is 3.77. The molecule has 0 unspecified atom stereocenters. The van der Waals surface area contributed by atoms with Gasteiger partial charge in [-0.15, -0.1) is 11.3 Å². The Labute approximate surface area is 121 Å². The van der Waals surface area contributed by atoms with Crippen LogP contribution in [0.5, 0.6) is 11.6 Å². The molecule has 1 N–H and O–H groups in total. The fraction of sp³-hybridized carbons (Fsp3) is 0.286. The normalized spacial score (nSPS) is 11.1. The molecule has 0 saturated carbocycles. The fourth-order valence-corrected chi connectivity index (χ4v) is 2.70. The Bertz CT molecular complexity index is 719. The summed E-state index contributed by atoms with van der Waals surface area (Å²) in [6, 6.07) is 3.78. The third-order valence-corrected chi connectivity index (χ3v) is 3.79. The van der Waals surface area contributed by atoms with Gasteiger partial charge in [-0.2, -0.15) is 4.98 Å². The van der Waals surface area contributed by atoms with Gasteiger partial charge in [0.2, 0.25) is 5.88 Å². The monoisotopic (exact) mass is 288 g/mol. The Balaban J connectivity index is 1.97.